The molecule has 112 valence electrons. The number of nitrogens with zero attached hydrogens (tertiary/aromatic N) is 3. The van der Waals surface area contributed by atoms with Crippen LogP contribution in [0.3, 0.4) is 0 Å². The van der Waals surface area contributed by atoms with Gasteiger partial charge in [0.05, 0.1) is 24.4 Å². The zero-order valence-electron chi connectivity index (χ0n) is 12.2. The fourth-order valence-corrected chi connectivity index (χ4v) is 2.84. The second-order valence-electron chi connectivity index (χ2n) is 4.89. The van der Waals surface area contributed by atoms with Gasteiger partial charge in [0.15, 0.2) is 0 Å². The maximum atomic E-state index is 11.9. The minimum Gasteiger partial charge on any atom is -0.350 e. The van der Waals surface area contributed by atoms with Gasteiger partial charge in [0.1, 0.15) is 5.69 Å². The lowest BCUT2D eigenvalue weighted by atomic mass is 10.2. The molecule has 0 saturated carbocycles. The first-order valence-corrected chi connectivity index (χ1v) is 7.84. The van der Waals surface area contributed by atoms with Gasteiger partial charge in [-0.15, -0.1) is 11.3 Å². The van der Waals surface area contributed by atoms with Crippen molar-refractivity contribution in [3.8, 4) is 11.4 Å². The fraction of sp³-hybridized carbons (Fsp3) is 0.188. The standard InChI is InChI=1S/C16H16N4OS/c1-20-12(9-15(19-20)14-6-2-3-7-17-14)11-18-16(21)10-13-5-4-8-22-13/h2-9H,10-11H2,1H3,(H,18,21). The van der Waals surface area contributed by atoms with Crippen LogP contribution in [0.15, 0.2) is 48.0 Å². The van der Waals surface area contributed by atoms with Gasteiger partial charge in [0.2, 0.25) is 5.91 Å². The normalized spacial score (nSPS) is 10.6. The van der Waals surface area contributed by atoms with Crippen molar-refractivity contribution in [1.29, 1.82) is 0 Å². The molecule has 0 saturated heterocycles. The Balaban J connectivity index is 1.63. The number of aromatic nitrogens is 3. The number of pyridine rings is 1. The molecule has 0 radical (unpaired) electrons. The molecule has 1 amide bonds. The lowest BCUT2D eigenvalue weighted by molar-refractivity contribution is -0.120. The Bertz CT molecular complexity index is 750. The van der Waals surface area contributed by atoms with Crippen molar-refractivity contribution in [3.05, 3.63) is 58.5 Å². The zero-order valence-corrected chi connectivity index (χ0v) is 13.0. The van der Waals surface area contributed by atoms with Crippen LogP contribution in [0.5, 0.6) is 0 Å². The molecule has 0 aliphatic heterocycles. The second kappa shape index (κ2) is 6.53. The molecule has 5 nitrogen and oxygen atoms in total. The van der Waals surface area contributed by atoms with Gasteiger partial charge >= 0.3 is 0 Å². The molecule has 0 bridgehead atoms. The second-order valence-corrected chi connectivity index (χ2v) is 5.92. The molecule has 3 heterocycles. The fourth-order valence-electron chi connectivity index (χ4n) is 2.13. The molecule has 6 heteroatoms. The van der Waals surface area contributed by atoms with Gasteiger partial charge in [-0.3, -0.25) is 14.5 Å². The van der Waals surface area contributed by atoms with Gasteiger partial charge in [-0.1, -0.05) is 12.1 Å². The number of nitrogens with one attached hydrogen (secondary N) is 1. The first kappa shape index (κ1) is 14.5. The van der Waals surface area contributed by atoms with Crippen LogP contribution in [-0.4, -0.2) is 20.7 Å². The van der Waals surface area contributed by atoms with E-state index < -0.39 is 0 Å². The van der Waals surface area contributed by atoms with E-state index in [4.69, 9.17) is 0 Å². The summed E-state index contributed by atoms with van der Waals surface area (Å²) in [6.07, 6.45) is 2.16. The third kappa shape index (κ3) is 3.40. The molecule has 3 rings (SSSR count). The summed E-state index contributed by atoms with van der Waals surface area (Å²) < 4.78 is 1.77. The quantitative estimate of drug-likeness (QED) is 0.787. The molecular formula is C16H16N4OS. The Morgan fingerprint density at radius 2 is 2.18 bits per heavy atom. The van der Waals surface area contributed by atoms with E-state index in [1.807, 2.05) is 48.8 Å². The number of hydrogen-bond donors (Lipinski definition) is 1. The summed E-state index contributed by atoms with van der Waals surface area (Å²) in [6.45, 7) is 0.459. The highest BCUT2D eigenvalue weighted by atomic mass is 32.1. The highest BCUT2D eigenvalue weighted by Crippen LogP contribution is 2.16. The van der Waals surface area contributed by atoms with E-state index >= 15 is 0 Å². The lowest BCUT2D eigenvalue weighted by Gasteiger charge is -2.04. The van der Waals surface area contributed by atoms with Crippen molar-refractivity contribution in [3.63, 3.8) is 0 Å². The van der Waals surface area contributed by atoms with Crippen LogP contribution in [0.4, 0.5) is 0 Å². The minimum atomic E-state index is 0.0167. The van der Waals surface area contributed by atoms with Crippen LogP contribution in [0.1, 0.15) is 10.6 Å². The highest BCUT2D eigenvalue weighted by molar-refractivity contribution is 7.10. The van der Waals surface area contributed by atoms with Crippen LogP contribution in [-0.2, 0) is 24.8 Å². The Labute approximate surface area is 132 Å². The van der Waals surface area contributed by atoms with Crippen LogP contribution < -0.4 is 5.32 Å². The maximum Gasteiger partial charge on any atom is 0.225 e. The molecule has 0 aromatic carbocycles. The predicted octanol–water partition coefficient (Wildman–Crippen LogP) is 2.40. The Kier molecular flexibility index (Phi) is 4.29. The summed E-state index contributed by atoms with van der Waals surface area (Å²) in [5, 5.41) is 9.34. The molecule has 22 heavy (non-hydrogen) atoms. The van der Waals surface area contributed by atoms with E-state index in [-0.39, 0.29) is 5.91 Å². The Hall–Kier alpha value is -2.47. The third-order valence-electron chi connectivity index (χ3n) is 3.29. The van der Waals surface area contributed by atoms with Gasteiger partial charge in [0.25, 0.3) is 0 Å². The number of hydrogen-bond acceptors (Lipinski definition) is 4. The van der Waals surface area contributed by atoms with Crippen molar-refractivity contribution in [1.82, 2.24) is 20.1 Å². The van der Waals surface area contributed by atoms with Gasteiger partial charge in [-0.2, -0.15) is 5.10 Å². The summed E-state index contributed by atoms with van der Waals surface area (Å²) in [4.78, 5) is 17.3. The monoisotopic (exact) mass is 312 g/mol. The average Bonchev–Trinajstić information content (AvgIpc) is 3.16. The van der Waals surface area contributed by atoms with Crippen molar-refractivity contribution < 1.29 is 4.79 Å². The SMILES string of the molecule is Cn1nc(-c2ccccn2)cc1CNC(=O)Cc1cccs1. The molecule has 1 N–H and O–H groups in total. The predicted molar refractivity (Wildman–Crippen MR) is 86.3 cm³/mol. The van der Waals surface area contributed by atoms with Crippen molar-refractivity contribution in [2.75, 3.05) is 0 Å². The van der Waals surface area contributed by atoms with Crippen molar-refractivity contribution in [2.45, 2.75) is 13.0 Å². The lowest BCUT2D eigenvalue weighted by Crippen LogP contribution is -2.25. The topological polar surface area (TPSA) is 59.8 Å². The molecule has 0 aliphatic rings. The van der Waals surface area contributed by atoms with Gasteiger partial charge in [-0.05, 0) is 29.6 Å². The smallest absolute Gasteiger partial charge is 0.225 e. The van der Waals surface area contributed by atoms with E-state index in [1.54, 1.807) is 22.2 Å². The van der Waals surface area contributed by atoms with Crippen molar-refractivity contribution >= 4 is 17.2 Å². The van der Waals surface area contributed by atoms with E-state index in [9.17, 15) is 4.79 Å². The van der Waals surface area contributed by atoms with E-state index in [0.717, 1.165) is 22.0 Å². The largest absolute Gasteiger partial charge is 0.350 e. The summed E-state index contributed by atoms with van der Waals surface area (Å²) in [5.74, 6) is 0.0167. The summed E-state index contributed by atoms with van der Waals surface area (Å²) >= 11 is 1.59. The summed E-state index contributed by atoms with van der Waals surface area (Å²) in [6, 6.07) is 11.6. The molecule has 0 spiro atoms. The number of carbonyl (C=O) groups is 1. The molecule has 3 aromatic rings. The van der Waals surface area contributed by atoms with Crippen LogP contribution in [0.25, 0.3) is 11.4 Å². The number of rotatable bonds is 5. The average molecular weight is 312 g/mol. The van der Waals surface area contributed by atoms with E-state index in [2.05, 4.69) is 15.4 Å². The molecule has 0 aliphatic carbocycles. The minimum absolute atomic E-state index is 0.0167. The van der Waals surface area contributed by atoms with Crippen molar-refractivity contribution in [2.24, 2.45) is 7.05 Å². The Morgan fingerprint density at radius 3 is 2.91 bits per heavy atom. The van der Waals surface area contributed by atoms with E-state index in [0.29, 0.717) is 13.0 Å². The first-order valence-electron chi connectivity index (χ1n) is 6.96. The first-order chi connectivity index (χ1) is 10.7. The molecule has 0 atom stereocenters. The van der Waals surface area contributed by atoms with Gasteiger partial charge < -0.3 is 5.32 Å². The zero-order chi connectivity index (χ0) is 15.4. The summed E-state index contributed by atoms with van der Waals surface area (Å²) in [5.41, 5.74) is 2.58. The number of carbonyl (C=O) groups excluding carboxylic acids is 1. The van der Waals surface area contributed by atoms with Crippen LogP contribution >= 0.6 is 11.3 Å². The Morgan fingerprint density at radius 1 is 1.27 bits per heavy atom. The summed E-state index contributed by atoms with van der Waals surface area (Å²) in [7, 11) is 1.87. The molecular weight excluding hydrogens is 296 g/mol. The van der Waals surface area contributed by atoms with Crippen LogP contribution in [0, 0.1) is 0 Å². The third-order valence-corrected chi connectivity index (χ3v) is 4.16. The van der Waals surface area contributed by atoms with Gasteiger partial charge in [0, 0.05) is 18.1 Å². The van der Waals surface area contributed by atoms with E-state index in [1.165, 1.54) is 0 Å². The maximum absolute atomic E-state index is 11.9. The number of amides is 1. The molecule has 0 fully saturated rings. The number of thiophene rings is 1. The highest BCUT2D eigenvalue weighted by Gasteiger charge is 2.10. The number of aryl methyl sites for hydroxylation is 1. The molecule has 0 unspecified atom stereocenters. The van der Waals surface area contributed by atoms with Crippen LogP contribution in [0.2, 0.25) is 0 Å². The van der Waals surface area contributed by atoms with Gasteiger partial charge in [-0.25, -0.2) is 0 Å². The molecule has 3 aromatic heterocycles.